The Morgan fingerprint density at radius 1 is 1.19 bits per heavy atom. The molecule has 0 radical (unpaired) electrons. The van der Waals surface area contributed by atoms with Crippen LogP contribution in [0.1, 0.15) is 32.4 Å². The number of hydrogen-bond acceptors (Lipinski definition) is 8. The van der Waals surface area contributed by atoms with Gasteiger partial charge in [-0.3, -0.25) is 14.2 Å². The largest absolute Gasteiger partial charge is 0.453 e. The highest BCUT2D eigenvalue weighted by atomic mass is 79.9. The molecule has 1 aromatic carbocycles. The molecule has 2 aromatic rings. The molecule has 15 heteroatoms. The Labute approximate surface area is 213 Å². The summed E-state index contributed by atoms with van der Waals surface area (Å²) in [7, 11) is 0.806. The number of nitrogens with zero attached hydrogens (tertiary/aromatic N) is 3. The van der Waals surface area contributed by atoms with Crippen molar-refractivity contribution < 1.29 is 36.7 Å². The minimum absolute atomic E-state index is 0.164. The summed E-state index contributed by atoms with van der Waals surface area (Å²) in [6.07, 6.45) is -4.28. The summed E-state index contributed by atoms with van der Waals surface area (Å²) in [6, 6.07) is 2.18. The molecule has 0 spiro atoms. The van der Waals surface area contributed by atoms with Gasteiger partial charge in [0.15, 0.2) is 6.61 Å². The molecule has 0 aliphatic heterocycles. The van der Waals surface area contributed by atoms with Crippen molar-refractivity contribution in [2.75, 3.05) is 6.61 Å². The fraction of sp³-hybridized carbons (Fsp3) is 0.381. The smallest absolute Gasteiger partial charge is 0.431 e. The highest BCUT2D eigenvalue weighted by molar-refractivity contribution is 9.10. The van der Waals surface area contributed by atoms with E-state index in [0.717, 1.165) is 30.9 Å². The summed E-state index contributed by atoms with van der Waals surface area (Å²) < 4.78 is 58.7. The van der Waals surface area contributed by atoms with Gasteiger partial charge in [0.25, 0.3) is 5.56 Å². The Morgan fingerprint density at radius 3 is 2.39 bits per heavy atom. The second-order valence-electron chi connectivity index (χ2n) is 7.95. The Kier molecular flexibility index (Phi) is 7.83. The van der Waals surface area contributed by atoms with Gasteiger partial charge in [0.1, 0.15) is 16.3 Å². The molecular formula is C21H18BrF4N3O6S. The molecule has 1 fully saturated rings. The first-order valence-corrected chi connectivity index (χ1v) is 11.7. The van der Waals surface area contributed by atoms with Gasteiger partial charge in [-0.1, -0.05) is 5.16 Å². The Morgan fingerprint density at radius 2 is 1.83 bits per heavy atom. The van der Waals surface area contributed by atoms with Gasteiger partial charge in [-0.05, 0) is 54.8 Å². The standard InChI is InChI=1S/C21H18BrF4N3O6S/c1-10(2)27-35-17(31)9-34-18(32)20(4-5-20)36-14-7-13(12(23)6-11(14)22)29-16(30)8-15(21(24,25)26)28(3)19(29)33/h6-8H,4-5,9H2,1-3H3. The molecule has 0 atom stereocenters. The number of ether oxygens (including phenoxy) is 1. The molecular weight excluding hydrogens is 578 g/mol. The number of aromatic nitrogens is 2. The van der Waals surface area contributed by atoms with E-state index in [0.29, 0.717) is 18.6 Å². The van der Waals surface area contributed by atoms with Gasteiger partial charge in [0.2, 0.25) is 0 Å². The fourth-order valence-electron chi connectivity index (χ4n) is 2.98. The van der Waals surface area contributed by atoms with E-state index in [1.807, 2.05) is 0 Å². The molecule has 1 heterocycles. The van der Waals surface area contributed by atoms with Crippen LogP contribution in [0.15, 0.2) is 42.3 Å². The van der Waals surface area contributed by atoms with Crippen LogP contribution in [0.3, 0.4) is 0 Å². The number of alkyl halides is 3. The van der Waals surface area contributed by atoms with Crippen LogP contribution in [0.2, 0.25) is 0 Å². The Hall–Kier alpha value is -2.94. The van der Waals surface area contributed by atoms with Crippen LogP contribution < -0.4 is 11.2 Å². The van der Waals surface area contributed by atoms with Crippen LogP contribution in [0.5, 0.6) is 0 Å². The lowest BCUT2D eigenvalue weighted by atomic mass is 10.3. The second-order valence-corrected chi connectivity index (χ2v) is 10.2. The van der Waals surface area contributed by atoms with Crippen LogP contribution in [0.4, 0.5) is 17.6 Å². The minimum atomic E-state index is -4.97. The lowest BCUT2D eigenvalue weighted by molar-refractivity contribution is -0.158. The predicted octanol–water partition coefficient (Wildman–Crippen LogP) is 3.56. The van der Waals surface area contributed by atoms with Crippen molar-refractivity contribution in [2.45, 2.75) is 42.5 Å². The van der Waals surface area contributed by atoms with Gasteiger partial charge in [0.05, 0.1) is 11.4 Å². The van der Waals surface area contributed by atoms with Crippen LogP contribution in [0, 0.1) is 5.82 Å². The number of carbonyl (C=O) groups excluding carboxylic acids is 2. The number of oxime groups is 1. The number of halogens is 5. The molecule has 1 saturated carbocycles. The van der Waals surface area contributed by atoms with E-state index >= 15 is 0 Å². The molecule has 0 unspecified atom stereocenters. The Balaban J connectivity index is 1.91. The minimum Gasteiger partial charge on any atom is -0.453 e. The van der Waals surface area contributed by atoms with Crippen LogP contribution in [0.25, 0.3) is 5.69 Å². The third-order valence-corrected chi connectivity index (χ3v) is 7.33. The van der Waals surface area contributed by atoms with E-state index in [4.69, 9.17) is 4.74 Å². The van der Waals surface area contributed by atoms with E-state index < -0.39 is 57.9 Å². The number of rotatable bonds is 7. The zero-order valence-electron chi connectivity index (χ0n) is 18.9. The average Bonchev–Trinajstić information content (AvgIpc) is 3.56. The number of carbonyl (C=O) groups is 2. The topological polar surface area (TPSA) is 109 Å². The first kappa shape index (κ1) is 27.6. The van der Waals surface area contributed by atoms with E-state index in [1.165, 1.54) is 0 Å². The molecule has 194 valence electrons. The van der Waals surface area contributed by atoms with Crippen molar-refractivity contribution in [1.82, 2.24) is 9.13 Å². The summed E-state index contributed by atoms with van der Waals surface area (Å²) >= 11 is 4.08. The van der Waals surface area contributed by atoms with Gasteiger partial charge in [-0.2, -0.15) is 13.2 Å². The third-order valence-electron chi connectivity index (χ3n) is 4.89. The van der Waals surface area contributed by atoms with Gasteiger partial charge in [-0.25, -0.2) is 18.5 Å². The van der Waals surface area contributed by atoms with Gasteiger partial charge >= 0.3 is 23.8 Å². The molecule has 1 aromatic heterocycles. The summed E-state index contributed by atoms with van der Waals surface area (Å²) in [5, 5.41) is 3.46. The predicted molar refractivity (Wildman–Crippen MR) is 124 cm³/mol. The summed E-state index contributed by atoms with van der Waals surface area (Å²) in [4.78, 5) is 54.0. The lowest BCUT2D eigenvalue weighted by Crippen LogP contribution is -2.41. The molecule has 3 rings (SSSR count). The van der Waals surface area contributed by atoms with E-state index in [9.17, 15) is 36.7 Å². The van der Waals surface area contributed by atoms with E-state index in [2.05, 4.69) is 25.9 Å². The van der Waals surface area contributed by atoms with Crippen molar-refractivity contribution in [3.63, 3.8) is 0 Å². The highest BCUT2D eigenvalue weighted by Gasteiger charge is 2.53. The highest BCUT2D eigenvalue weighted by Crippen LogP contribution is 2.54. The van der Waals surface area contributed by atoms with E-state index in [1.54, 1.807) is 13.8 Å². The third kappa shape index (κ3) is 5.88. The first-order valence-electron chi connectivity index (χ1n) is 10.1. The monoisotopic (exact) mass is 595 g/mol. The van der Waals surface area contributed by atoms with Gasteiger partial charge in [0, 0.05) is 22.5 Å². The van der Waals surface area contributed by atoms with Crippen molar-refractivity contribution in [3.05, 3.63) is 55.0 Å². The normalized spacial score (nSPS) is 14.2. The molecule has 0 saturated heterocycles. The molecule has 1 aliphatic rings. The first-order chi connectivity index (χ1) is 16.7. The second kappa shape index (κ2) is 10.2. The number of benzene rings is 1. The number of hydrogen-bond donors (Lipinski definition) is 0. The number of thioether (sulfide) groups is 1. The summed E-state index contributed by atoms with van der Waals surface area (Å²) in [6.45, 7) is 2.50. The van der Waals surface area contributed by atoms with E-state index in [-0.39, 0.29) is 24.6 Å². The molecule has 0 N–H and O–H groups in total. The average molecular weight is 596 g/mol. The van der Waals surface area contributed by atoms with Crippen LogP contribution in [-0.4, -0.2) is 38.1 Å². The van der Waals surface area contributed by atoms with Crippen molar-refractivity contribution in [1.29, 1.82) is 0 Å². The SMILES string of the molecule is CC(C)=NOC(=O)COC(=O)C1(Sc2cc(-n3c(=O)cc(C(F)(F)F)n(C)c3=O)c(F)cc2Br)CC1. The fourth-order valence-corrected chi connectivity index (χ4v) is 4.74. The molecule has 36 heavy (non-hydrogen) atoms. The maximum absolute atomic E-state index is 14.8. The molecule has 1 aliphatic carbocycles. The summed E-state index contributed by atoms with van der Waals surface area (Å²) in [5.41, 5.74) is -4.40. The van der Waals surface area contributed by atoms with Crippen LogP contribution in [-0.2, 0) is 32.4 Å². The zero-order chi connectivity index (χ0) is 27.0. The maximum atomic E-state index is 14.8. The van der Waals surface area contributed by atoms with Gasteiger partial charge < -0.3 is 9.57 Å². The molecule has 9 nitrogen and oxygen atoms in total. The lowest BCUT2D eigenvalue weighted by Gasteiger charge is -2.17. The van der Waals surface area contributed by atoms with Crippen molar-refractivity contribution >= 4 is 45.3 Å². The quantitative estimate of drug-likeness (QED) is 0.158. The molecule has 0 bridgehead atoms. The summed E-state index contributed by atoms with van der Waals surface area (Å²) in [5.74, 6) is -2.71. The van der Waals surface area contributed by atoms with Crippen molar-refractivity contribution in [2.24, 2.45) is 12.2 Å². The van der Waals surface area contributed by atoms with Crippen molar-refractivity contribution in [3.8, 4) is 5.69 Å². The maximum Gasteiger partial charge on any atom is 0.431 e. The molecule has 0 amide bonds. The van der Waals surface area contributed by atoms with Crippen LogP contribution >= 0.6 is 27.7 Å². The Bertz CT molecular complexity index is 1380. The number of esters is 1. The zero-order valence-corrected chi connectivity index (χ0v) is 21.3. The van der Waals surface area contributed by atoms with Gasteiger partial charge in [-0.15, -0.1) is 11.8 Å².